The van der Waals surface area contributed by atoms with E-state index in [0.717, 1.165) is 27.1 Å². The minimum Gasteiger partial charge on any atom is -0.497 e. The first kappa shape index (κ1) is 17.8. The largest absolute Gasteiger partial charge is 0.497 e. The number of nitrogens with zero attached hydrogens (tertiary/aromatic N) is 2. The van der Waals surface area contributed by atoms with Gasteiger partial charge in [-0.3, -0.25) is 4.79 Å². The molecule has 0 spiro atoms. The minimum atomic E-state index is -0.204. The summed E-state index contributed by atoms with van der Waals surface area (Å²) in [4.78, 5) is 14.6. The summed E-state index contributed by atoms with van der Waals surface area (Å²) in [5.74, 6) is 0.814. The van der Waals surface area contributed by atoms with E-state index in [0.29, 0.717) is 11.1 Å². The molecular formula is C19H18N4O2S. The van der Waals surface area contributed by atoms with Crippen LogP contribution in [0.2, 0.25) is 0 Å². The number of nitrogens with one attached hydrogen (secondary N) is 1. The summed E-state index contributed by atoms with van der Waals surface area (Å²) in [6.07, 6.45) is 4.18. The van der Waals surface area contributed by atoms with Crippen LogP contribution in [0.5, 0.6) is 5.75 Å². The number of methoxy groups -OCH3 is 1. The second-order valence-electron chi connectivity index (χ2n) is 5.54. The number of fused-ring (bicyclic) bond motifs is 1. The summed E-state index contributed by atoms with van der Waals surface area (Å²) >= 11 is 1.60. The monoisotopic (exact) mass is 366 g/mol. The van der Waals surface area contributed by atoms with Gasteiger partial charge in [0.25, 0.3) is 5.56 Å². The highest BCUT2D eigenvalue weighted by Crippen LogP contribution is 2.30. The highest BCUT2D eigenvalue weighted by atomic mass is 32.2. The van der Waals surface area contributed by atoms with Crippen LogP contribution in [0.1, 0.15) is 0 Å². The third-order valence-corrected chi connectivity index (χ3v) is 4.75. The van der Waals surface area contributed by atoms with Gasteiger partial charge >= 0.3 is 0 Å². The van der Waals surface area contributed by atoms with E-state index in [9.17, 15) is 4.79 Å². The van der Waals surface area contributed by atoms with Gasteiger partial charge in [0.1, 0.15) is 5.75 Å². The normalized spacial score (nSPS) is 11.5. The van der Waals surface area contributed by atoms with Crippen LogP contribution >= 0.6 is 11.8 Å². The zero-order valence-corrected chi connectivity index (χ0v) is 15.0. The van der Waals surface area contributed by atoms with E-state index in [-0.39, 0.29) is 12.1 Å². The SMILES string of the molecule is COc1ccc(Sc2ccc3c(=O)n(C/C(N)=C/C=N)ncc3c2)cc1. The van der Waals surface area contributed by atoms with E-state index < -0.39 is 0 Å². The van der Waals surface area contributed by atoms with E-state index in [4.69, 9.17) is 15.9 Å². The highest BCUT2D eigenvalue weighted by Gasteiger charge is 2.07. The molecule has 0 aliphatic rings. The Morgan fingerprint density at radius 2 is 2.00 bits per heavy atom. The summed E-state index contributed by atoms with van der Waals surface area (Å²) in [5.41, 5.74) is 5.96. The maximum absolute atomic E-state index is 12.5. The third kappa shape index (κ3) is 3.94. The second-order valence-corrected chi connectivity index (χ2v) is 6.69. The molecule has 0 aliphatic carbocycles. The highest BCUT2D eigenvalue weighted by molar-refractivity contribution is 7.99. The van der Waals surface area contributed by atoms with Crippen molar-refractivity contribution in [3.8, 4) is 5.75 Å². The molecule has 0 radical (unpaired) electrons. The molecule has 132 valence electrons. The Morgan fingerprint density at radius 3 is 2.69 bits per heavy atom. The predicted molar refractivity (Wildman–Crippen MR) is 104 cm³/mol. The van der Waals surface area contributed by atoms with E-state index in [1.807, 2.05) is 36.4 Å². The Hall–Kier alpha value is -3.06. The number of benzene rings is 2. The number of allylic oxidation sites excluding steroid dienone is 2. The van der Waals surface area contributed by atoms with Crippen molar-refractivity contribution >= 4 is 28.7 Å². The first-order chi connectivity index (χ1) is 12.6. The summed E-state index contributed by atoms with van der Waals surface area (Å²) in [6, 6.07) is 13.5. The van der Waals surface area contributed by atoms with Crippen LogP contribution in [-0.2, 0) is 6.54 Å². The fourth-order valence-corrected chi connectivity index (χ4v) is 3.32. The van der Waals surface area contributed by atoms with Crippen molar-refractivity contribution in [3.05, 3.63) is 70.8 Å². The van der Waals surface area contributed by atoms with Crippen molar-refractivity contribution in [3.63, 3.8) is 0 Å². The molecule has 0 saturated heterocycles. The number of hydrogen-bond donors (Lipinski definition) is 2. The number of aromatic nitrogens is 2. The topological polar surface area (TPSA) is 94.0 Å². The van der Waals surface area contributed by atoms with Crippen molar-refractivity contribution in [2.45, 2.75) is 16.3 Å². The van der Waals surface area contributed by atoms with Crippen molar-refractivity contribution in [1.82, 2.24) is 9.78 Å². The van der Waals surface area contributed by atoms with Gasteiger partial charge in [-0.15, -0.1) is 0 Å². The third-order valence-electron chi connectivity index (χ3n) is 3.75. The first-order valence-corrected chi connectivity index (χ1v) is 8.69. The van der Waals surface area contributed by atoms with Crippen LogP contribution in [0, 0.1) is 5.41 Å². The lowest BCUT2D eigenvalue weighted by atomic mass is 10.2. The van der Waals surface area contributed by atoms with Gasteiger partial charge in [-0.25, -0.2) is 4.68 Å². The smallest absolute Gasteiger partial charge is 0.274 e. The van der Waals surface area contributed by atoms with Gasteiger partial charge in [0.2, 0.25) is 0 Å². The Kier molecular flexibility index (Phi) is 5.38. The standard InChI is InChI=1S/C19H18N4O2S/c1-25-15-2-4-16(5-3-15)26-17-6-7-18-13(10-17)11-22-23(19(18)24)12-14(21)8-9-20/h2-11,20H,12,21H2,1H3/b14-8-,20-9?. The number of rotatable bonds is 6. The van der Waals surface area contributed by atoms with E-state index in [1.165, 1.54) is 10.8 Å². The van der Waals surface area contributed by atoms with Crippen LogP contribution in [0.15, 0.2) is 75.0 Å². The van der Waals surface area contributed by atoms with Gasteiger partial charge in [0.15, 0.2) is 0 Å². The van der Waals surface area contributed by atoms with Crippen LogP contribution in [0.25, 0.3) is 10.8 Å². The molecule has 2 aromatic carbocycles. The van der Waals surface area contributed by atoms with Gasteiger partial charge in [-0.1, -0.05) is 11.8 Å². The lowest BCUT2D eigenvalue weighted by Gasteiger charge is -2.08. The Bertz CT molecular complexity index is 1030. The molecule has 0 unspecified atom stereocenters. The Morgan fingerprint density at radius 1 is 1.27 bits per heavy atom. The zero-order chi connectivity index (χ0) is 18.5. The maximum atomic E-state index is 12.5. The van der Waals surface area contributed by atoms with Gasteiger partial charge in [0.05, 0.1) is 25.2 Å². The maximum Gasteiger partial charge on any atom is 0.274 e. The molecule has 1 heterocycles. The fourth-order valence-electron chi connectivity index (χ4n) is 2.45. The average molecular weight is 366 g/mol. The van der Waals surface area contributed by atoms with E-state index in [2.05, 4.69) is 5.10 Å². The second kappa shape index (κ2) is 7.88. The molecule has 0 fully saturated rings. The molecule has 0 amide bonds. The van der Waals surface area contributed by atoms with Crippen LogP contribution in [0.3, 0.4) is 0 Å². The van der Waals surface area contributed by atoms with Crippen molar-refractivity contribution in [1.29, 1.82) is 5.41 Å². The zero-order valence-electron chi connectivity index (χ0n) is 14.2. The summed E-state index contributed by atoms with van der Waals surface area (Å²) in [7, 11) is 1.64. The number of nitrogens with two attached hydrogens (primary N) is 1. The molecule has 0 aliphatic heterocycles. The molecule has 3 rings (SSSR count). The lowest BCUT2D eigenvalue weighted by Crippen LogP contribution is -2.25. The lowest BCUT2D eigenvalue weighted by molar-refractivity contribution is 0.414. The summed E-state index contributed by atoms with van der Waals surface area (Å²) in [5, 5.41) is 12.6. The molecule has 1 aromatic heterocycles. The summed E-state index contributed by atoms with van der Waals surface area (Å²) in [6.45, 7) is 0.159. The quantitative estimate of drug-likeness (QED) is 0.654. The fraction of sp³-hybridized carbons (Fsp3) is 0.105. The average Bonchev–Trinajstić information content (AvgIpc) is 2.65. The Labute approximate surface area is 154 Å². The molecule has 0 atom stereocenters. The van der Waals surface area contributed by atoms with Crippen LogP contribution in [0.4, 0.5) is 0 Å². The molecule has 26 heavy (non-hydrogen) atoms. The van der Waals surface area contributed by atoms with E-state index in [1.54, 1.807) is 31.1 Å². The van der Waals surface area contributed by atoms with Gasteiger partial charge < -0.3 is 15.9 Å². The van der Waals surface area contributed by atoms with Crippen molar-refractivity contribution in [2.24, 2.45) is 5.73 Å². The summed E-state index contributed by atoms with van der Waals surface area (Å²) < 4.78 is 6.46. The Balaban J connectivity index is 1.88. The predicted octanol–water partition coefficient (Wildman–Crippen LogP) is 3.05. The van der Waals surface area contributed by atoms with Crippen molar-refractivity contribution in [2.75, 3.05) is 7.11 Å². The molecule has 0 bridgehead atoms. The van der Waals surface area contributed by atoms with E-state index >= 15 is 0 Å². The van der Waals surface area contributed by atoms with Crippen molar-refractivity contribution < 1.29 is 4.74 Å². The first-order valence-electron chi connectivity index (χ1n) is 7.87. The van der Waals surface area contributed by atoms with Crippen LogP contribution in [-0.4, -0.2) is 23.1 Å². The molecule has 0 saturated carbocycles. The van der Waals surface area contributed by atoms with Gasteiger partial charge in [-0.05, 0) is 48.5 Å². The molecule has 3 N–H and O–H groups in total. The number of ether oxygens (including phenoxy) is 1. The molecule has 6 nitrogen and oxygen atoms in total. The molecular weight excluding hydrogens is 348 g/mol. The number of hydrogen-bond acceptors (Lipinski definition) is 6. The van der Waals surface area contributed by atoms with Gasteiger partial charge in [-0.2, -0.15) is 5.10 Å². The van der Waals surface area contributed by atoms with Gasteiger partial charge in [0, 0.05) is 27.1 Å². The molecule has 3 aromatic rings. The molecule has 7 heteroatoms. The minimum absolute atomic E-state index is 0.159. The van der Waals surface area contributed by atoms with Crippen LogP contribution < -0.4 is 16.0 Å².